The van der Waals surface area contributed by atoms with Crippen LogP contribution in [0, 0.1) is 0 Å². The van der Waals surface area contributed by atoms with Crippen molar-refractivity contribution in [3.63, 3.8) is 0 Å². The highest BCUT2D eigenvalue weighted by molar-refractivity contribution is 6.26. The molecule has 1 aromatic heterocycles. The van der Waals surface area contributed by atoms with Gasteiger partial charge >= 0.3 is 0 Å². The fourth-order valence-corrected chi connectivity index (χ4v) is 8.66. The third-order valence-corrected chi connectivity index (χ3v) is 10.8. The number of hydrogen-bond donors (Lipinski definition) is 0. The molecular formula is C50H30O. The summed E-state index contributed by atoms with van der Waals surface area (Å²) in [6.07, 6.45) is 0. The molecule has 0 saturated carbocycles. The van der Waals surface area contributed by atoms with Gasteiger partial charge in [-0.05, 0) is 105 Å². The fraction of sp³-hybridized carbons (Fsp3) is 0. The minimum absolute atomic E-state index is 0.910. The van der Waals surface area contributed by atoms with E-state index in [2.05, 4.69) is 182 Å². The third kappa shape index (κ3) is 4.16. The summed E-state index contributed by atoms with van der Waals surface area (Å²) in [5.74, 6) is 0. The molecule has 0 aliphatic carbocycles. The van der Waals surface area contributed by atoms with Gasteiger partial charge in [-0.15, -0.1) is 0 Å². The second-order valence-electron chi connectivity index (χ2n) is 13.5. The van der Waals surface area contributed by atoms with E-state index >= 15 is 0 Å². The van der Waals surface area contributed by atoms with Crippen molar-refractivity contribution in [2.45, 2.75) is 0 Å². The van der Waals surface area contributed by atoms with Gasteiger partial charge < -0.3 is 4.42 Å². The number of fused-ring (bicyclic) bond motifs is 10. The molecule has 1 heteroatoms. The maximum absolute atomic E-state index is 6.46. The molecule has 51 heavy (non-hydrogen) atoms. The van der Waals surface area contributed by atoms with E-state index in [1.165, 1.54) is 92.6 Å². The van der Waals surface area contributed by atoms with Crippen LogP contribution in [0.3, 0.4) is 0 Å². The van der Waals surface area contributed by atoms with Crippen LogP contribution in [0.4, 0.5) is 0 Å². The molecule has 0 amide bonds. The Bertz CT molecular complexity index is 3140. The summed E-state index contributed by atoms with van der Waals surface area (Å²) in [5.41, 5.74) is 9.18. The smallest absolute Gasteiger partial charge is 0.136 e. The highest BCUT2D eigenvalue weighted by atomic mass is 16.3. The van der Waals surface area contributed by atoms with Crippen LogP contribution < -0.4 is 0 Å². The average molecular weight is 647 g/mol. The summed E-state index contributed by atoms with van der Waals surface area (Å²) in [6, 6.07) is 66.3. The minimum Gasteiger partial charge on any atom is -0.456 e. The van der Waals surface area contributed by atoms with Gasteiger partial charge in [0.25, 0.3) is 0 Å². The quantitative estimate of drug-likeness (QED) is 0.138. The van der Waals surface area contributed by atoms with Crippen molar-refractivity contribution in [3.05, 3.63) is 182 Å². The van der Waals surface area contributed by atoms with E-state index < -0.39 is 0 Å². The zero-order valence-corrected chi connectivity index (χ0v) is 27.7. The van der Waals surface area contributed by atoms with Crippen LogP contribution >= 0.6 is 0 Å². The largest absolute Gasteiger partial charge is 0.456 e. The summed E-state index contributed by atoms with van der Waals surface area (Å²) < 4.78 is 6.46. The van der Waals surface area contributed by atoms with Crippen molar-refractivity contribution in [2.75, 3.05) is 0 Å². The first-order chi connectivity index (χ1) is 25.3. The van der Waals surface area contributed by atoms with Crippen molar-refractivity contribution < 1.29 is 4.42 Å². The Morgan fingerprint density at radius 2 is 0.804 bits per heavy atom. The number of furan rings is 1. The van der Waals surface area contributed by atoms with Gasteiger partial charge in [-0.25, -0.2) is 0 Å². The SMILES string of the molecule is c1cc(-c2c3ccccc3c(-c3cccc4c3ccc3ccccc34)c3ccccc23)cc(-c2cccc3oc4ccc5ccccc5c4c23)c1. The van der Waals surface area contributed by atoms with Crippen molar-refractivity contribution in [1.82, 2.24) is 0 Å². The van der Waals surface area contributed by atoms with Gasteiger partial charge in [0, 0.05) is 10.8 Å². The van der Waals surface area contributed by atoms with Gasteiger partial charge in [0.05, 0.1) is 0 Å². The van der Waals surface area contributed by atoms with Gasteiger partial charge in [0.15, 0.2) is 0 Å². The molecule has 10 aromatic carbocycles. The molecule has 1 nitrogen and oxygen atoms in total. The molecule has 1 heterocycles. The van der Waals surface area contributed by atoms with E-state index in [1.807, 2.05) is 0 Å². The van der Waals surface area contributed by atoms with Crippen molar-refractivity contribution >= 4 is 75.8 Å². The Labute approximate surface area is 294 Å². The monoisotopic (exact) mass is 646 g/mol. The maximum Gasteiger partial charge on any atom is 0.136 e. The molecule has 0 atom stereocenters. The summed E-state index contributed by atoms with van der Waals surface area (Å²) in [4.78, 5) is 0. The van der Waals surface area contributed by atoms with Gasteiger partial charge in [0.2, 0.25) is 0 Å². The van der Waals surface area contributed by atoms with Crippen molar-refractivity contribution in [3.8, 4) is 33.4 Å². The number of hydrogen-bond acceptors (Lipinski definition) is 1. The molecule has 0 unspecified atom stereocenters. The molecule has 0 aliphatic rings. The van der Waals surface area contributed by atoms with Crippen molar-refractivity contribution in [1.29, 1.82) is 0 Å². The van der Waals surface area contributed by atoms with Gasteiger partial charge in [0.1, 0.15) is 11.2 Å². The Hall–Kier alpha value is -6.70. The van der Waals surface area contributed by atoms with Crippen LogP contribution in [0.1, 0.15) is 0 Å². The highest BCUT2D eigenvalue weighted by Crippen LogP contribution is 2.47. The summed E-state index contributed by atoms with van der Waals surface area (Å²) in [7, 11) is 0. The molecule has 0 spiro atoms. The second kappa shape index (κ2) is 10.9. The number of rotatable bonds is 3. The van der Waals surface area contributed by atoms with E-state index in [1.54, 1.807) is 0 Å². The first kappa shape index (κ1) is 28.2. The molecule has 236 valence electrons. The standard InChI is InChI=1S/C50H30O/c1-3-16-35-31(12-1)26-28-39-38(35)23-10-24-40(39)48-43-20-7-5-18-41(43)47(42-19-6-8-21-44(42)48)34-15-9-14-33(30-34)37-22-11-25-45-50(37)49-36-17-4-2-13-32(36)27-29-46(49)51-45/h1-30H. The van der Waals surface area contributed by atoms with Crippen LogP contribution in [-0.4, -0.2) is 0 Å². The molecule has 0 saturated heterocycles. The van der Waals surface area contributed by atoms with E-state index in [4.69, 9.17) is 4.42 Å². The van der Waals surface area contributed by atoms with E-state index in [0.717, 1.165) is 16.6 Å². The molecule has 0 radical (unpaired) electrons. The average Bonchev–Trinajstić information content (AvgIpc) is 3.59. The minimum atomic E-state index is 0.910. The Kier molecular flexibility index (Phi) is 6.02. The van der Waals surface area contributed by atoms with E-state index in [0.29, 0.717) is 0 Å². The lowest BCUT2D eigenvalue weighted by atomic mass is 9.84. The van der Waals surface area contributed by atoms with E-state index in [9.17, 15) is 0 Å². The predicted molar refractivity (Wildman–Crippen MR) is 218 cm³/mol. The van der Waals surface area contributed by atoms with Crippen LogP contribution in [0.25, 0.3) is 109 Å². The van der Waals surface area contributed by atoms with Crippen LogP contribution in [0.5, 0.6) is 0 Å². The lowest BCUT2D eigenvalue weighted by Crippen LogP contribution is -1.92. The molecule has 0 bridgehead atoms. The van der Waals surface area contributed by atoms with Gasteiger partial charge in [-0.2, -0.15) is 0 Å². The molecule has 0 N–H and O–H groups in total. The lowest BCUT2D eigenvalue weighted by molar-refractivity contribution is 0.669. The molecule has 11 aromatic rings. The summed E-state index contributed by atoms with van der Waals surface area (Å²) >= 11 is 0. The van der Waals surface area contributed by atoms with Gasteiger partial charge in [-0.1, -0.05) is 164 Å². The van der Waals surface area contributed by atoms with Gasteiger partial charge in [-0.3, -0.25) is 0 Å². The van der Waals surface area contributed by atoms with Crippen LogP contribution in [-0.2, 0) is 0 Å². The normalized spacial score (nSPS) is 11.9. The van der Waals surface area contributed by atoms with Crippen LogP contribution in [0.2, 0.25) is 0 Å². The highest BCUT2D eigenvalue weighted by Gasteiger charge is 2.20. The maximum atomic E-state index is 6.46. The second-order valence-corrected chi connectivity index (χ2v) is 13.5. The lowest BCUT2D eigenvalue weighted by Gasteiger charge is -2.19. The van der Waals surface area contributed by atoms with E-state index in [-0.39, 0.29) is 0 Å². The van der Waals surface area contributed by atoms with Crippen molar-refractivity contribution in [2.24, 2.45) is 0 Å². The summed E-state index contributed by atoms with van der Waals surface area (Å²) in [5, 5.41) is 14.9. The fourth-order valence-electron chi connectivity index (χ4n) is 8.66. The Morgan fingerprint density at radius 3 is 1.57 bits per heavy atom. The first-order valence-corrected chi connectivity index (χ1v) is 17.6. The summed E-state index contributed by atoms with van der Waals surface area (Å²) in [6.45, 7) is 0. The third-order valence-electron chi connectivity index (χ3n) is 10.8. The van der Waals surface area contributed by atoms with Crippen LogP contribution in [0.15, 0.2) is 186 Å². The first-order valence-electron chi connectivity index (χ1n) is 17.6. The molecule has 0 aliphatic heterocycles. The Balaban J connectivity index is 1.19. The topological polar surface area (TPSA) is 13.1 Å². The zero-order chi connectivity index (χ0) is 33.5. The Morgan fingerprint density at radius 1 is 0.275 bits per heavy atom. The predicted octanol–water partition coefficient (Wildman–Crippen LogP) is 14.4. The molecular weight excluding hydrogens is 617 g/mol. The molecule has 11 rings (SSSR count). The number of benzene rings is 10. The molecule has 0 fully saturated rings. The zero-order valence-electron chi connectivity index (χ0n) is 27.7.